The number of rotatable bonds is 5. The third-order valence-corrected chi connectivity index (χ3v) is 40.6. The summed E-state index contributed by atoms with van der Waals surface area (Å²) in [5, 5.41) is 0. The number of alkyl halides is 1. The second-order valence-corrected chi connectivity index (χ2v) is 55.5. The van der Waals surface area contributed by atoms with Gasteiger partial charge in [0.15, 0.2) is 0 Å². The fourth-order valence-electron chi connectivity index (χ4n) is 7.54. The van der Waals surface area contributed by atoms with Crippen LogP contribution in [0.1, 0.15) is 94.0 Å². The summed E-state index contributed by atoms with van der Waals surface area (Å²) in [6.07, 6.45) is 4.99. The molecule has 0 bridgehead atoms. The van der Waals surface area contributed by atoms with E-state index in [9.17, 15) is 0 Å². The summed E-state index contributed by atoms with van der Waals surface area (Å²) < 4.78 is 7.02. The van der Waals surface area contributed by atoms with Crippen molar-refractivity contribution < 1.29 is 15.9 Å². The van der Waals surface area contributed by atoms with Crippen molar-refractivity contribution in [1.82, 2.24) is 0 Å². The van der Waals surface area contributed by atoms with E-state index in [4.69, 9.17) is 11.6 Å². The van der Waals surface area contributed by atoms with Crippen LogP contribution in [-0.2, 0) is 15.9 Å². The van der Waals surface area contributed by atoms with Crippen molar-refractivity contribution in [2.75, 3.05) is 3.59 Å². The number of halogens is 1. The zero-order chi connectivity index (χ0) is 23.7. The molecular weight excluding hydrogens is 503 g/mol. The molecule has 0 saturated heterocycles. The zero-order valence-corrected chi connectivity index (χ0v) is 25.8. The van der Waals surface area contributed by atoms with E-state index in [-0.39, 0.29) is 0 Å². The predicted octanol–water partition coefficient (Wildman–Crippen LogP) is 8.62. The molecule has 0 saturated carbocycles. The van der Waals surface area contributed by atoms with Crippen molar-refractivity contribution in [3.8, 4) is 0 Å². The SMILES string of the molecule is CC1=Cc2c(C(C)C)cccc2[CH]1[Zr]([CH3])([CH3])(=[SiH2])([CH2]Cl)[CH]1C(C)=Cc2c(C(C)C)cccc21. The number of allylic oxidation sites excluding steroid dienone is 2. The summed E-state index contributed by atoms with van der Waals surface area (Å²) in [7, 11) is 0. The molecule has 0 N–H and O–H groups in total. The Bertz CT molecular complexity index is 1180. The first kappa shape index (κ1) is 24.4. The minimum atomic E-state index is -4.24. The number of hydrogen-bond acceptors (Lipinski definition) is 0. The molecule has 2 aliphatic rings. The molecule has 0 heterocycles. The Morgan fingerprint density at radius 2 is 1.16 bits per heavy atom. The summed E-state index contributed by atoms with van der Waals surface area (Å²) in [6, 6.07) is 14.0. The van der Waals surface area contributed by atoms with E-state index in [1.54, 1.807) is 0 Å². The molecule has 0 nitrogen and oxygen atoms in total. The molecule has 0 radical (unpaired) electrons. The van der Waals surface area contributed by atoms with E-state index in [0.717, 1.165) is 3.59 Å². The van der Waals surface area contributed by atoms with E-state index in [0.29, 0.717) is 19.1 Å². The molecule has 2 aromatic carbocycles. The van der Waals surface area contributed by atoms with Crippen molar-refractivity contribution >= 4 is 30.6 Å². The Kier molecular flexibility index (Phi) is 5.65. The predicted molar refractivity (Wildman–Crippen MR) is 145 cm³/mol. The molecule has 2 aromatic rings. The van der Waals surface area contributed by atoms with Crippen LogP contribution >= 0.6 is 11.6 Å². The van der Waals surface area contributed by atoms with Crippen molar-refractivity contribution in [2.24, 2.45) is 0 Å². The van der Waals surface area contributed by atoms with E-state index >= 15 is 0 Å². The van der Waals surface area contributed by atoms with Crippen molar-refractivity contribution in [1.29, 1.82) is 0 Å². The summed E-state index contributed by atoms with van der Waals surface area (Å²) >= 11 is 3.02. The number of hydrogen-bond donors (Lipinski definition) is 0. The van der Waals surface area contributed by atoms with Gasteiger partial charge >= 0.3 is 201 Å². The number of fused-ring (bicyclic) bond motifs is 2. The van der Waals surface area contributed by atoms with Crippen LogP contribution < -0.4 is 0 Å². The Morgan fingerprint density at radius 3 is 1.47 bits per heavy atom. The maximum atomic E-state index is 7.26. The summed E-state index contributed by atoms with van der Waals surface area (Å²) in [6.45, 7) is 16.4. The fraction of sp³-hybridized carbons (Fsp3) is 0.448. The van der Waals surface area contributed by atoms with Gasteiger partial charge in [0, 0.05) is 0 Å². The molecule has 3 heteroatoms. The molecule has 0 aliphatic heterocycles. The summed E-state index contributed by atoms with van der Waals surface area (Å²) in [4.78, 5) is 0. The van der Waals surface area contributed by atoms with Gasteiger partial charge in [0.25, 0.3) is 0 Å². The third kappa shape index (κ3) is 3.30. The van der Waals surface area contributed by atoms with Gasteiger partial charge in [-0.15, -0.1) is 0 Å². The Hall–Kier alpha value is -0.690. The normalized spacial score (nSPS) is 22.3. The molecule has 0 fully saturated rings. The van der Waals surface area contributed by atoms with Crippen LogP contribution in [0.15, 0.2) is 47.5 Å². The van der Waals surface area contributed by atoms with Crippen LogP contribution in [0.4, 0.5) is 0 Å². The molecule has 0 aromatic heterocycles. The van der Waals surface area contributed by atoms with Crippen molar-refractivity contribution in [2.45, 2.75) is 69.9 Å². The first-order valence-electron chi connectivity index (χ1n) is 12.2. The van der Waals surface area contributed by atoms with Gasteiger partial charge in [0.05, 0.1) is 0 Å². The van der Waals surface area contributed by atoms with Gasteiger partial charge < -0.3 is 0 Å². The summed E-state index contributed by atoms with van der Waals surface area (Å²) in [5.41, 5.74) is 12.0. The van der Waals surface area contributed by atoms with Gasteiger partial charge in [-0.25, -0.2) is 0 Å². The number of benzene rings is 2. The van der Waals surface area contributed by atoms with Gasteiger partial charge in [0.1, 0.15) is 0 Å². The van der Waals surface area contributed by atoms with Crippen LogP contribution in [0, 0.1) is 0 Å². The Labute approximate surface area is 199 Å². The van der Waals surface area contributed by atoms with Gasteiger partial charge in [0.2, 0.25) is 0 Å². The molecule has 32 heavy (non-hydrogen) atoms. The molecule has 2 aliphatic carbocycles. The first-order chi connectivity index (χ1) is 14.8. The van der Waals surface area contributed by atoms with E-state index in [2.05, 4.69) is 106 Å². The molecule has 0 spiro atoms. The topological polar surface area (TPSA) is 0 Å². The van der Waals surface area contributed by atoms with Gasteiger partial charge in [-0.3, -0.25) is 0 Å². The second-order valence-electron chi connectivity index (χ2n) is 13.1. The van der Waals surface area contributed by atoms with Gasteiger partial charge in [-0.1, -0.05) is 0 Å². The van der Waals surface area contributed by atoms with Gasteiger partial charge in [-0.05, 0) is 0 Å². The van der Waals surface area contributed by atoms with Crippen LogP contribution in [0.25, 0.3) is 12.2 Å². The molecule has 171 valence electrons. The standard InChI is InChI=1S/2C13H15.CH2Cl.2CH3.H2Si.Zr/c2*1-9(2)12-6-4-5-11-7-10(3)8-13(11)12;1-2;;;;/h2*4-9H,1-3H3;1H2;2*1H3;1H2;. The van der Waals surface area contributed by atoms with Crippen molar-refractivity contribution in [3.63, 3.8) is 0 Å². The van der Waals surface area contributed by atoms with Crippen LogP contribution in [0.3, 0.4) is 0 Å². The molecular formula is C29H40ClSiZr. The van der Waals surface area contributed by atoms with Crippen LogP contribution in [-0.4, -0.2) is 10.5 Å². The fourth-order valence-corrected chi connectivity index (χ4v) is 34.0. The molecule has 4 rings (SSSR count). The second kappa shape index (κ2) is 7.40. The van der Waals surface area contributed by atoms with Crippen LogP contribution in [0.2, 0.25) is 9.26 Å². The Balaban J connectivity index is 2.03. The quantitative estimate of drug-likeness (QED) is 0.262. The van der Waals surface area contributed by atoms with Gasteiger partial charge in [-0.2, -0.15) is 0 Å². The minimum absolute atomic E-state index is 0.447. The third-order valence-electron chi connectivity index (χ3n) is 8.69. The first-order valence-corrected chi connectivity index (χ1v) is 28.2. The van der Waals surface area contributed by atoms with E-state index in [1.807, 2.05) is 0 Å². The molecule has 2 atom stereocenters. The molecule has 0 amide bonds. The van der Waals surface area contributed by atoms with E-state index in [1.165, 1.54) is 44.5 Å². The average molecular weight is 543 g/mol. The summed E-state index contributed by atoms with van der Waals surface area (Å²) in [5.74, 6) is 1.05. The van der Waals surface area contributed by atoms with Crippen molar-refractivity contribution in [3.05, 3.63) is 80.9 Å². The zero-order valence-electron chi connectivity index (χ0n) is 21.2. The molecule has 2 unspecified atom stereocenters. The maximum absolute atomic E-state index is 7.26. The van der Waals surface area contributed by atoms with E-state index < -0.39 is 15.9 Å². The van der Waals surface area contributed by atoms with Crippen LogP contribution in [0.5, 0.6) is 0 Å². The average Bonchev–Trinajstić information content (AvgIpc) is 3.24. The Morgan fingerprint density at radius 1 is 0.781 bits per heavy atom. The monoisotopic (exact) mass is 541 g/mol.